The Kier molecular flexibility index (Phi) is 5.92. The quantitative estimate of drug-likeness (QED) is 0.614. The molecule has 4 rings (SSSR count). The van der Waals surface area contributed by atoms with E-state index in [1.807, 2.05) is 24.4 Å². The van der Waals surface area contributed by atoms with Crippen LogP contribution in [-0.4, -0.2) is 33.8 Å². The van der Waals surface area contributed by atoms with Gasteiger partial charge in [0.1, 0.15) is 0 Å². The molecule has 29 heavy (non-hydrogen) atoms. The summed E-state index contributed by atoms with van der Waals surface area (Å²) in [6.07, 6.45) is 4.71. The van der Waals surface area contributed by atoms with Gasteiger partial charge < -0.3 is 15.0 Å². The summed E-state index contributed by atoms with van der Waals surface area (Å²) >= 11 is 6.10. The van der Waals surface area contributed by atoms with E-state index in [9.17, 15) is 4.79 Å². The van der Waals surface area contributed by atoms with Crippen LogP contribution in [0.3, 0.4) is 0 Å². The number of carbonyl (C=O) groups excluding carboxylic acids is 1. The Hall–Kier alpha value is -2.31. The molecular formula is C22H27ClN4O2. The fraction of sp³-hybridized carbons (Fsp3) is 0.455. The molecule has 0 bridgehead atoms. The van der Waals surface area contributed by atoms with E-state index in [-0.39, 0.29) is 5.91 Å². The highest BCUT2D eigenvalue weighted by atomic mass is 35.5. The number of rotatable bonds is 7. The van der Waals surface area contributed by atoms with Crippen molar-refractivity contribution < 1.29 is 9.53 Å². The maximum absolute atomic E-state index is 12.4. The molecule has 2 aromatic heterocycles. The van der Waals surface area contributed by atoms with Gasteiger partial charge in [0.2, 0.25) is 5.91 Å². The van der Waals surface area contributed by atoms with E-state index in [1.165, 1.54) is 11.3 Å². The minimum Gasteiger partial charge on any atom is -0.376 e. The molecular weight excluding hydrogens is 388 g/mol. The average Bonchev–Trinajstić information content (AvgIpc) is 3.28. The number of ether oxygens (including phenoxy) is 1. The highest BCUT2D eigenvalue weighted by molar-refractivity contribution is 6.31. The van der Waals surface area contributed by atoms with Gasteiger partial charge in [0.05, 0.1) is 18.9 Å². The number of H-pyrrole nitrogens is 1. The number of aryl methyl sites for hydroxylation is 1. The highest BCUT2D eigenvalue weighted by Crippen LogP contribution is 2.25. The van der Waals surface area contributed by atoms with Gasteiger partial charge in [-0.3, -0.25) is 9.48 Å². The first-order chi connectivity index (χ1) is 14.0. The van der Waals surface area contributed by atoms with Crippen molar-refractivity contribution in [1.29, 1.82) is 0 Å². The average molecular weight is 415 g/mol. The second kappa shape index (κ2) is 8.59. The minimum absolute atomic E-state index is 0.0486. The van der Waals surface area contributed by atoms with E-state index in [2.05, 4.69) is 28.8 Å². The summed E-state index contributed by atoms with van der Waals surface area (Å²) in [6.45, 7) is 6.21. The Balaban J connectivity index is 1.32. The van der Waals surface area contributed by atoms with Crippen LogP contribution in [-0.2, 0) is 35.4 Å². The molecule has 154 valence electrons. The number of halogens is 1. The van der Waals surface area contributed by atoms with Gasteiger partial charge in [0, 0.05) is 65.2 Å². The zero-order valence-electron chi connectivity index (χ0n) is 16.9. The molecule has 0 atom stereocenters. The molecule has 0 spiro atoms. The van der Waals surface area contributed by atoms with E-state index in [4.69, 9.17) is 21.4 Å². The minimum atomic E-state index is 0.0486. The molecule has 3 aromatic rings. The Morgan fingerprint density at radius 3 is 3.07 bits per heavy atom. The molecule has 0 saturated heterocycles. The topological polar surface area (TPSA) is 71.9 Å². The van der Waals surface area contributed by atoms with Crippen molar-refractivity contribution in [3.63, 3.8) is 0 Å². The van der Waals surface area contributed by atoms with Crippen LogP contribution < -0.4 is 5.32 Å². The molecule has 0 aliphatic carbocycles. The number of hydrogen-bond donors (Lipinski definition) is 2. The van der Waals surface area contributed by atoms with Crippen LogP contribution in [0.15, 0.2) is 24.4 Å². The normalized spacial score (nSPS) is 13.8. The summed E-state index contributed by atoms with van der Waals surface area (Å²) in [5.41, 5.74) is 5.65. The van der Waals surface area contributed by atoms with Gasteiger partial charge in [-0.2, -0.15) is 5.10 Å². The molecule has 6 nitrogen and oxygen atoms in total. The van der Waals surface area contributed by atoms with Crippen molar-refractivity contribution >= 4 is 28.4 Å². The number of nitrogens with one attached hydrogen (secondary N) is 2. The van der Waals surface area contributed by atoms with E-state index in [0.717, 1.165) is 46.6 Å². The zero-order valence-corrected chi connectivity index (χ0v) is 17.7. The van der Waals surface area contributed by atoms with E-state index < -0.39 is 0 Å². The lowest BCUT2D eigenvalue weighted by atomic mass is 10.1. The van der Waals surface area contributed by atoms with Gasteiger partial charge in [-0.15, -0.1) is 0 Å². The first-order valence-corrected chi connectivity index (χ1v) is 10.6. The number of aromatic amines is 1. The molecule has 0 fully saturated rings. The fourth-order valence-electron chi connectivity index (χ4n) is 3.97. The smallest absolute Gasteiger partial charge is 0.220 e. The van der Waals surface area contributed by atoms with Gasteiger partial charge in [0.25, 0.3) is 0 Å². The van der Waals surface area contributed by atoms with Crippen LogP contribution in [0.4, 0.5) is 0 Å². The first kappa shape index (κ1) is 20.0. The Morgan fingerprint density at radius 2 is 2.24 bits per heavy atom. The van der Waals surface area contributed by atoms with E-state index in [1.54, 1.807) is 0 Å². The number of carbonyl (C=O) groups is 1. The molecule has 2 N–H and O–H groups in total. The van der Waals surface area contributed by atoms with Crippen molar-refractivity contribution in [2.75, 3.05) is 13.2 Å². The zero-order chi connectivity index (χ0) is 20.4. The summed E-state index contributed by atoms with van der Waals surface area (Å²) in [5.74, 6) is 0.0486. The maximum Gasteiger partial charge on any atom is 0.220 e. The van der Waals surface area contributed by atoms with Crippen molar-refractivity contribution in [3.05, 3.63) is 51.9 Å². The van der Waals surface area contributed by atoms with Crippen LogP contribution in [0.2, 0.25) is 5.02 Å². The Morgan fingerprint density at radius 1 is 1.38 bits per heavy atom. The van der Waals surface area contributed by atoms with Gasteiger partial charge in [-0.05, 0) is 44.0 Å². The number of amides is 1. The van der Waals surface area contributed by atoms with Crippen molar-refractivity contribution in [2.45, 2.75) is 52.2 Å². The SMILES string of the molecule is CC(C)n1nc(CCC(=O)NCCc2c[nH]c3ccc(Cl)cc23)c2c1CCOC2. The third-order valence-corrected chi connectivity index (χ3v) is 5.69. The molecule has 0 radical (unpaired) electrons. The second-order valence-corrected chi connectivity index (χ2v) is 8.25. The summed E-state index contributed by atoms with van der Waals surface area (Å²) in [5, 5.41) is 9.62. The first-order valence-electron chi connectivity index (χ1n) is 10.2. The van der Waals surface area contributed by atoms with Crippen LogP contribution >= 0.6 is 11.6 Å². The second-order valence-electron chi connectivity index (χ2n) is 7.82. The monoisotopic (exact) mass is 414 g/mol. The van der Waals surface area contributed by atoms with Crippen LogP contribution in [0.1, 0.15) is 48.8 Å². The van der Waals surface area contributed by atoms with Crippen molar-refractivity contribution in [3.8, 4) is 0 Å². The number of aromatic nitrogens is 3. The molecule has 0 saturated carbocycles. The molecule has 3 heterocycles. The summed E-state index contributed by atoms with van der Waals surface area (Å²) in [6, 6.07) is 6.12. The third-order valence-electron chi connectivity index (χ3n) is 5.46. The number of fused-ring (bicyclic) bond motifs is 2. The fourth-order valence-corrected chi connectivity index (χ4v) is 4.15. The lowest BCUT2D eigenvalue weighted by Gasteiger charge is -2.16. The predicted molar refractivity (Wildman–Crippen MR) is 114 cm³/mol. The lowest BCUT2D eigenvalue weighted by Crippen LogP contribution is -2.26. The van der Waals surface area contributed by atoms with Gasteiger partial charge >= 0.3 is 0 Å². The number of benzene rings is 1. The Bertz CT molecular complexity index is 1020. The number of nitrogens with zero attached hydrogens (tertiary/aromatic N) is 2. The molecule has 1 amide bonds. The van der Waals surface area contributed by atoms with Crippen molar-refractivity contribution in [2.24, 2.45) is 0 Å². The maximum atomic E-state index is 12.4. The number of hydrogen-bond acceptors (Lipinski definition) is 3. The van der Waals surface area contributed by atoms with Crippen LogP contribution in [0, 0.1) is 0 Å². The van der Waals surface area contributed by atoms with E-state index in [0.29, 0.717) is 32.0 Å². The Labute approximate surface area is 175 Å². The standard InChI is InChI=1S/C22H27ClN4O2/c1-14(2)27-21-8-10-29-13-18(21)20(26-27)5-6-22(28)24-9-7-15-12-25-19-4-3-16(23)11-17(15)19/h3-4,11-12,14,25H,5-10,13H2,1-2H3,(H,24,28). The third kappa shape index (κ3) is 4.33. The van der Waals surface area contributed by atoms with Crippen molar-refractivity contribution in [1.82, 2.24) is 20.1 Å². The van der Waals surface area contributed by atoms with Crippen LogP contribution in [0.5, 0.6) is 0 Å². The molecule has 1 aliphatic heterocycles. The highest BCUT2D eigenvalue weighted by Gasteiger charge is 2.22. The molecule has 0 unspecified atom stereocenters. The lowest BCUT2D eigenvalue weighted by molar-refractivity contribution is -0.121. The van der Waals surface area contributed by atoms with Gasteiger partial charge in [-0.25, -0.2) is 0 Å². The largest absolute Gasteiger partial charge is 0.376 e. The summed E-state index contributed by atoms with van der Waals surface area (Å²) in [7, 11) is 0. The molecule has 1 aliphatic rings. The molecule has 7 heteroatoms. The van der Waals surface area contributed by atoms with Gasteiger partial charge in [0.15, 0.2) is 0 Å². The predicted octanol–water partition coefficient (Wildman–Crippen LogP) is 3.96. The summed E-state index contributed by atoms with van der Waals surface area (Å²) < 4.78 is 7.71. The van der Waals surface area contributed by atoms with Crippen LogP contribution in [0.25, 0.3) is 10.9 Å². The van der Waals surface area contributed by atoms with Gasteiger partial charge in [-0.1, -0.05) is 11.6 Å². The molecule has 1 aromatic carbocycles. The van der Waals surface area contributed by atoms with E-state index >= 15 is 0 Å². The summed E-state index contributed by atoms with van der Waals surface area (Å²) in [4.78, 5) is 15.6.